The number of rotatable bonds is 8. The second-order valence-corrected chi connectivity index (χ2v) is 7.03. The van der Waals surface area contributed by atoms with Gasteiger partial charge < -0.3 is 20.8 Å². The van der Waals surface area contributed by atoms with Gasteiger partial charge in [-0.2, -0.15) is 0 Å². The molecule has 8 heteroatoms. The maximum absolute atomic E-state index is 13.7. The third kappa shape index (κ3) is 4.93. The topological polar surface area (TPSA) is 70.0 Å². The van der Waals surface area contributed by atoms with Crippen LogP contribution in [0.2, 0.25) is 5.02 Å². The number of nitrogens with one attached hydrogen (secondary N) is 3. The van der Waals surface area contributed by atoms with E-state index in [1.165, 1.54) is 12.1 Å². The van der Waals surface area contributed by atoms with Crippen LogP contribution in [0.15, 0.2) is 48.4 Å². The molecule has 0 aliphatic heterocycles. The van der Waals surface area contributed by atoms with Crippen LogP contribution in [0.25, 0.3) is 10.9 Å². The number of aromatic nitrogens is 1. The third-order valence-corrected chi connectivity index (χ3v) is 4.76. The van der Waals surface area contributed by atoms with Crippen molar-refractivity contribution in [3.05, 3.63) is 76.1 Å². The summed E-state index contributed by atoms with van der Waals surface area (Å²) < 4.78 is 33.1. The fourth-order valence-electron chi connectivity index (χ4n) is 3.09. The van der Waals surface area contributed by atoms with Crippen molar-refractivity contribution in [2.24, 2.45) is 0 Å². The molecule has 3 rings (SSSR count). The fourth-order valence-corrected chi connectivity index (χ4v) is 3.37. The van der Waals surface area contributed by atoms with Crippen molar-refractivity contribution in [3.63, 3.8) is 0 Å². The quantitative estimate of drug-likeness (QED) is 0.412. The summed E-state index contributed by atoms with van der Waals surface area (Å²) in [6, 6.07) is 9.89. The highest BCUT2D eigenvalue weighted by Gasteiger charge is 2.13. The van der Waals surface area contributed by atoms with E-state index >= 15 is 0 Å². The van der Waals surface area contributed by atoms with Crippen molar-refractivity contribution in [1.82, 2.24) is 10.3 Å². The molecule has 0 spiro atoms. The Hall–Kier alpha value is -3.03. The number of allylic oxidation sites excluding steroid dienone is 1. The molecule has 2 aromatic carbocycles. The lowest BCUT2D eigenvalue weighted by molar-refractivity contribution is 0.308. The van der Waals surface area contributed by atoms with Crippen LogP contribution in [0.5, 0.6) is 5.75 Å². The number of ether oxygens (including phenoxy) is 1. The van der Waals surface area contributed by atoms with Gasteiger partial charge in [-0.3, -0.25) is 0 Å². The third-order valence-electron chi connectivity index (χ3n) is 4.43. The highest BCUT2D eigenvalue weighted by molar-refractivity contribution is 6.31. The van der Waals surface area contributed by atoms with Crippen molar-refractivity contribution in [3.8, 4) is 5.75 Å². The van der Waals surface area contributed by atoms with E-state index in [-0.39, 0.29) is 6.61 Å². The van der Waals surface area contributed by atoms with E-state index in [0.29, 0.717) is 51.6 Å². The Morgan fingerprint density at radius 2 is 2.10 bits per heavy atom. The minimum atomic E-state index is -0.701. The summed E-state index contributed by atoms with van der Waals surface area (Å²) in [5, 5.41) is 13.8. The zero-order valence-corrected chi connectivity index (χ0v) is 17.3. The monoisotopic (exact) mass is 430 g/mol. The van der Waals surface area contributed by atoms with E-state index in [4.69, 9.17) is 21.7 Å². The Labute approximate surface area is 178 Å². The molecule has 0 bridgehead atoms. The number of fused-ring (bicyclic) bond motifs is 1. The van der Waals surface area contributed by atoms with Crippen LogP contribution in [-0.4, -0.2) is 18.2 Å². The summed E-state index contributed by atoms with van der Waals surface area (Å²) in [6.45, 7) is 2.40. The molecule has 30 heavy (non-hydrogen) atoms. The maximum Gasteiger partial charge on any atom is 0.156 e. The number of hydrogen-bond donors (Lipinski definition) is 3. The summed E-state index contributed by atoms with van der Waals surface area (Å²) >= 11 is 6.26. The Bertz CT molecular complexity index is 1120. The zero-order valence-electron chi connectivity index (χ0n) is 16.5. The van der Waals surface area contributed by atoms with E-state index in [9.17, 15) is 8.78 Å². The van der Waals surface area contributed by atoms with Gasteiger partial charge in [-0.05, 0) is 43.8 Å². The molecule has 0 amide bonds. The molecular formula is C22H21ClF2N4O. The van der Waals surface area contributed by atoms with Crippen LogP contribution in [-0.2, 0) is 13.2 Å². The largest absolute Gasteiger partial charge is 0.487 e. The number of pyridine rings is 1. The first-order chi connectivity index (χ1) is 14.4. The second-order valence-electron chi connectivity index (χ2n) is 6.63. The molecule has 0 saturated carbocycles. The van der Waals surface area contributed by atoms with E-state index in [1.807, 2.05) is 13.0 Å². The van der Waals surface area contributed by atoms with Crippen molar-refractivity contribution >= 4 is 34.4 Å². The van der Waals surface area contributed by atoms with Crippen molar-refractivity contribution in [1.29, 1.82) is 5.41 Å². The van der Waals surface area contributed by atoms with Gasteiger partial charge in [0.2, 0.25) is 0 Å². The minimum absolute atomic E-state index is 0.135. The summed E-state index contributed by atoms with van der Waals surface area (Å²) in [6.07, 6.45) is 1.73. The van der Waals surface area contributed by atoms with Crippen molar-refractivity contribution in [2.45, 2.75) is 20.1 Å². The van der Waals surface area contributed by atoms with Gasteiger partial charge in [0.15, 0.2) is 5.83 Å². The maximum atomic E-state index is 13.7. The number of hydrogen-bond acceptors (Lipinski definition) is 5. The molecule has 0 radical (unpaired) electrons. The molecule has 5 nitrogen and oxygen atoms in total. The second kappa shape index (κ2) is 9.65. The van der Waals surface area contributed by atoms with Crippen LogP contribution in [0, 0.1) is 18.2 Å². The average molecular weight is 431 g/mol. The van der Waals surface area contributed by atoms with Gasteiger partial charge in [-0.15, -0.1) is 0 Å². The van der Waals surface area contributed by atoms with Gasteiger partial charge in [-0.25, -0.2) is 13.8 Å². The molecular weight excluding hydrogens is 410 g/mol. The van der Waals surface area contributed by atoms with Gasteiger partial charge >= 0.3 is 0 Å². The van der Waals surface area contributed by atoms with Crippen molar-refractivity contribution < 1.29 is 13.5 Å². The fraction of sp³-hybridized carbons (Fsp3) is 0.182. The number of halogens is 3. The Balaban J connectivity index is 1.96. The van der Waals surface area contributed by atoms with Gasteiger partial charge in [0.1, 0.15) is 23.7 Å². The SMILES string of the molecule is CNCc1cc(F)cc(Cl)c1COc1cccc2c(N/C=C(/F)C=N)cc(C)nc12. The van der Waals surface area contributed by atoms with Gasteiger partial charge in [0, 0.05) is 35.1 Å². The Kier molecular flexibility index (Phi) is 6.97. The first-order valence-corrected chi connectivity index (χ1v) is 9.58. The Morgan fingerprint density at radius 1 is 1.30 bits per heavy atom. The van der Waals surface area contributed by atoms with Crippen LogP contribution in [0.1, 0.15) is 16.8 Å². The number of aryl methyl sites for hydroxylation is 1. The molecule has 0 saturated heterocycles. The molecule has 0 atom stereocenters. The lowest BCUT2D eigenvalue weighted by Gasteiger charge is -2.15. The van der Waals surface area contributed by atoms with Crippen LogP contribution in [0.4, 0.5) is 14.5 Å². The molecule has 0 aliphatic rings. The number of anilines is 1. The summed E-state index contributed by atoms with van der Waals surface area (Å²) in [4.78, 5) is 4.56. The summed E-state index contributed by atoms with van der Waals surface area (Å²) in [5.41, 5.74) is 3.33. The lowest BCUT2D eigenvalue weighted by Crippen LogP contribution is -2.10. The van der Waals surface area contributed by atoms with Crippen LogP contribution < -0.4 is 15.4 Å². The molecule has 0 aliphatic carbocycles. The first kappa shape index (κ1) is 21.7. The standard InChI is InChI=1S/C22H21ClF2N4O/c1-13-6-20(28-11-16(25)9-26)17-4-3-5-21(22(17)29-13)30-12-18-14(10-27-2)7-15(24)8-19(18)23/h3-9,11,26-27H,10,12H2,1-2H3,(H,28,29)/b16-11+,26-9?. The molecule has 3 N–H and O–H groups in total. The molecule has 0 unspecified atom stereocenters. The highest BCUT2D eigenvalue weighted by atomic mass is 35.5. The predicted molar refractivity (Wildman–Crippen MR) is 117 cm³/mol. The molecule has 1 aromatic heterocycles. The smallest absolute Gasteiger partial charge is 0.156 e. The summed E-state index contributed by atoms with van der Waals surface area (Å²) in [5.74, 6) is -0.586. The first-order valence-electron chi connectivity index (χ1n) is 9.20. The number of benzene rings is 2. The highest BCUT2D eigenvalue weighted by Crippen LogP contribution is 2.32. The zero-order chi connectivity index (χ0) is 21.7. The van der Waals surface area contributed by atoms with Gasteiger partial charge in [-0.1, -0.05) is 23.7 Å². The van der Waals surface area contributed by atoms with Gasteiger partial charge in [0.05, 0.1) is 11.2 Å². The molecule has 156 valence electrons. The average Bonchev–Trinajstić information content (AvgIpc) is 2.71. The van der Waals surface area contributed by atoms with E-state index in [2.05, 4.69) is 15.6 Å². The van der Waals surface area contributed by atoms with Crippen molar-refractivity contribution in [2.75, 3.05) is 12.4 Å². The molecule has 3 aromatic rings. The van der Waals surface area contributed by atoms with E-state index in [1.54, 1.807) is 25.2 Å². The minimum Gasteiger partial charge on any atom is -0.487 e. The molecule has 0 fully saturated rings. The van der Waals surface area contributed by atoms with Gasteiger partial charge in [0.25, 0.3) is 0 Å². The predicted octanol–water partition coefficient (Wildman–Crippen LogP) is 5.51. The number of nitrogens with zero attached hydrogens (tertiary/aromatic N) is 1. The lowest BCUT2D eigenvalue weighted by atomic mass is 10.1. The van der Waals surface area contributed by atoms with E-state index in [0.717, 1.165) is 11.6 Å². The van der Waals surface area contributed by atoms with Crippen LogP contribution >= 0.6 is 11.6 Å². The van der Waals surface area contributed by atoms with Crippen LogP contribution in [0.3, 0.4) is 0 Å². The van der Waals surface area contributed by atoms with E-state index < -0.39 is 11.6 Å². The number of para-hydroxylation sites is 1. The molecule has 1 heterocycles. The summed E-state index contributed by atoms with van der Waals surface area (Å²) in [7, 11) is 1.77. The Morgan fingerprint density at radius 3 is 2.83 bits per heavy atom. The normalized spacial score (nSPS) is 11.6.